The van der Waals surface area contributed by atoms with Crippen molar-refractivity contribution in [2.45, 2.75) is 65.0 Å². The van der Waals surface area contributed by atoms with Crippen molar-refractivity contribution in [2.75, 3.05) is 13.6 Å². The summed E-state index contributed by atoms with van der Waals surface area (Å²) in [4.78, 5) is 45.2. The third kappa shape index (κ3) is 5.42. The van der Waals surface area contributed by atoms with Crippen LogP contribution in [0.2, 0.25) is 0 Å². The first-order valence-electron chi connectivity index (χ1n) is 11.0. The topological polar surface area (TPSA) is 84.3 Å². The van der Waals surface area contributed by atoms with Crippen LogP contribution in [0.3, 0.4) is 0 Å². The Morgan fingerprint density at radius 2 is 1.87 bits per heavy atom. The number of carbonyl (C=O) groups is 2. The van der Waals surface area contributed by atoms with Gasteiger partial charge in [-0.15, -0.1) is 11.3 Å². The Morgan fingerprint density at radius 1 is 1.19 bits per heavy atom. The number of carbonyl (C=O) groups excluding carboxylic acids is 2. The van der Waals surface area contributed by atoms with E-state index in [1.807, 2.05) is 30.7 Å². The SMILES string of the molecule is CC(C)CNC(=O)c1cn(C2CCCCC2)cc(C(=O)N(C)[C@@H](C)c2nccs2)c1=O. The van der Waals surface area contributed by atoms with Gasteiger partial charge in [-0.2, -0.15) is 0 Å². The molecular formula is C23H32N4O3S. The zero-order chi connectivity index (χ0) is 22.5. The lowest BCUT2D eigenvalue weighted by Crippen LogP contribution is -2.38. The van der Waals surface area contributed by atoms with Crippen molar-refractivity contribution in [3.63, 3.8) is 0 Å². The third-order valence-corrected chi connectivity index (χ3v) is 6.84. The van der Waals surface area contributed by atoms with E-state index in [4.69, 9.17) is 0 Å². The van der Waals surface area contributed by atoms with Crippen LogP contribution >= 0.6 is 11.3 Å². The average Bonchev–Trinajstić information content (AvgIpc) is 3.31. The standard InChI is InChI=1S/C23H32N4O3S/c1-15(2)12-25-21(29)18-13-27(17-8-6-5-7-9-17)14-19(20(18)28)23(30)26(4)16(3)22-24-10-11-31-22/h10-11,13-17H,5-9,12H2,1-4H3,(H,25,29)/t16-/m0/s1. The quantitative estimate of drug-likeness (QED) is 0.699. The van der Waals surface area contributed by atoms with E-state index in [2.05, 4.69) is 10.3 Å². The largest absolute Gasteiger partial charge is 0.352 e. The molecule has 0 saturated heterocycles. The minimum atomic E-state index is -0.517. The highest BCUT2D eigenvalue weighted by molar-refractivity contribution is 7.09. The molecule has 1 aliphatic carbocycles. The average molecular weight is 445 g/mol. The fourth-order valence-corrected chi connectivity index (χ4v) is 4.60. The molecular weight excluding hydrogens is 412 g/mol. The number of thiazole rings is 1. The van der Waals surface area contributed by atoms with Crippen LogP contribution in [0.4, 0.5) is 0 Å². The van der Waals surface area contributed by atoms with E-state index < -0.39 is 17.2 Å². The lowest BCUT2D eigenvalue weighted by molar-refractivity contribution is 0.0740. The minimum Gasteiger partial charge on any atom is -0.352 e. The number of hydrogen-bond acceptors (Lipinski definition) is 5. The fourth-order valence-electron chi connectivity index (χ4n) is 3.87. The van der Waals surface area contributed by atoms with Gasteiger partial charge in [0.2, 0.25) is 5.43 Å². The molecule has 1 aliphatic rings. The molecule has 1 N–H and O–H groups in total. The van der Waals surface area contributed by atoms with Crippen molar-refractivity contribution >= 4 is 23.2 Å². The first-order chi connectivity index (χ1) is 14.8. The molecule has 2 aromatic heterocycles. The molecule has 1 fully saturated rings. The van der Waals surface area contributed by atoms with Crippen LogP contribution < -0.4 is 10.7 Å². The molecule has 0 spiro atoms. The fraction of sp³-hybridized carbons (Fsp3) is 0.565. The van der Waals surface area contributed by atoms with Crippen LogP contribution in [0.1, 0.15) is 90.7 Å². The highest BCUT2D eigenvalue weighted by atomic mass is 32.1. The lowest BCUT2D eigenvalue weighted by atomic mass is 9.95. The van der Waals surface area contributed by atoms with Gasteiger partial charge in [-0.3, -0.25) is 14.4 Å². The Labute approximate surface area is 187 Å². The predicted octanol–water partition coefficient (Wildman–Crippen LogP) is 4.03. The van der Waals surface area contributed by atoms with Crippen molar-refractivity contribution in [1.82, 2.24) is 19.8 Å². The molecule has 0 radical (unpaired) electrons. The Bertz CT molecular complexity index is 962. The molecule has 2 amide bonds. The second kappa shape index (κ2) is 10.2. The summed E-state index contributed by atoms with van der Waals surface area (Å²) >= 11 is 1.47. The molecule has 0 unspecified atom stereocenters. The summed E-state index contributed by atoms with van der Waals surface area (Å²) < 4.78 is 1.92. The van der Waals surface area contributed by atoms with Gasteiger partial charge >= 0.3 is 0 Å². The van der Waals surface area contributed by atoms with Gasteiger partial charge in [0.25, 0.3) is 11.8 Å². The Balaban J connectivity index is 1.98. The monoisotopic (exact) mass is 444 g/mol. The maximum absolute atomic E-state index is 13.3. The first-order valence-corrected chi connectivity index (χ1v) is 11.9. The molecule has 31 heavy (non-hydrogen) atoms. The highest BCUT2D eigenvalue weighted by Gasteiger charge is 2.27. The van der Waals surface area contributed by atoms with Crippen molar-refractivity contribution in [2.24, 2.45) is 5.92 Å². The van der Waals surface area contributed by atoms with Gasteiger partial charge in [0.15, 0.2) is 0 Å². The van der Waals surface area contributed by atoms with Crippen molar-refractivity contribution in [3.05, 3.63) is 50.3 Å². The number of nitrogens with one attached hydrogen (secondary N) is 1. The van der Waals surface area contributed by atoms with E-state index in [0.29, 0.717) is 6.54 Å². The Morgan fingerprint density at radius 3 is 2.48 bits per heavy atom. The second-order valence-electron chi connectivity index (χ2n) is 8.72. The van der Waals surface area contributed by atoms with E-state index >= 15 is 0 Å². The minimum absolute atomic E-state index is 0.0346. The van der Waals surface area contributed by atoms with E-state index in [-0.39, 0.29) is 29.1 Å². The molecule has 7 nitrogen and oxygen atoms in total. The summed E-state index contributed by atoms with van der Waals surface area (Å²) in [5, 5.41) is 5.49. The van der Waals surface area contributed by atoms with Crippen LogP contribution in [0.5, 0.6) is 0 Å². The van der Waals surface area contributed by atoms with Gasteiger partial charge in [-0.1, -0.05) is 33.1 Å². The molecule has 0 aromatic carbocycles. The second-order valence-corrected chi connectivity index (χ2v) is 9.65. The molecule has 2 heterocycles. The summed E-state index contributed by atoms with van der Waals surface area (Å²) in [5.41, 5.74) is -0.447. The Hall–Kier alpha value is -2.48. The maximum Gasteiger partial charge on any atom is 0.259 e. The summed E-state index contributed by atoms with van der Waals surface area (Å²) in [6.45, 7) is 6.35. The van der Waals surface area contributed by atoms with E-state index in [1.165, 1.54) is 22.7 Å². The number of hydrogen-bond donors (Lipinski definition) is 1. The van der Waals surface area contributed by atoms with E-state index in [9.17, 15) is 14.4 Å². The zero-order valence-corrected chi connectivity index (χ0v) is 19.6. The molecule has 168 valence electrons. The Kier molecular flexibility index (Phi) is 7.64. The van der Waals surface area contributed by atoms with Gasteiger partial charge in [-0.25, -0.2) is 4.98 Å². The summed E-state index contributed by atoms with van der Waals surface area (Å²) in [6.07, 6.45) is 10.3. The molecule has 3 rings (SSSR count). The summed E-state index contributed by atoms with van der Waals surface area (Å²) in [7, 11) is 1.67. The molecule has 1 saturated carbocycles. The van der Waals surface area contributed by atoms with Crippen molar-refractivity contribution in [3.8, 4) is 0 Å². The molecule has 8 heteroatoms. The van der Waals surface area contributed by atoms with Crippen LogP contribution in [0, 0.1) is 5.92 Å². The van der Waals surface area contributed by atoms with Gasteiger partial charge in [0.05, 0.1) is 6.04 Å². The van der Waals surface area contributed by atoms with E-state index in [1.54, 1.807) is 25.6 Å². The number of nitrogens with zero attached hydrogens (tertiary/aromatic N) is 3. The first kappa shape index (κ1) is 23.2. The number of amides is 2. The number of rotatable bonds is 7. The van der Waals surface area contributed by atoms with Crippen LogP contribution in [-0.4, -0.2) is 39.9 Å². The normalized spacial score (nSPS) is 15.6. The van der Waals surface area contributed by atoms with E-state index in [0.717, 1.165) is 30.7 Å². The van der Waals surface area contributed by atoms with Gasteiger partial charge in [0.1, 0.15) is 16.1 Å². The zero-order valence-electron chi connectivity index (χ0n) is 18.8. The van der Waals surface area contributed by atoms with Gasteiger partial charge < -0.3 is 14.8 Å². The van der Waals surface area contributed by atoms with Gasteiger partial charge in [-0.05, 0) is 25.7 Å². The van der Waals surface area contributed by atoms with Gasteiger partial charge in [0, 0.05) is 43.6 Å². The predicted molar refractivity (Wildman–Crippen MR) is 123 cm³/mol. The molecule has 1 atom stereocenters. The number of aromatic nitrogens is 2. The molecule has 0 aliphatic heterocycles. The summed E-state index contributed by atoms with van der Waals surface area (Å²) in [5.74, 6) is -0.552. The molecule has 2 aromatic rings. The van der Waals surface area contributed by atoms with Crippen LogP contribution in [0.25, 0.3) is 0 Å². The van der Waals surface area contributed by atoms with Crippen molar-refractivity contribution in [1.29, 1.82) is 0 Å². The smallest absolute Gasteiger partial charge is 0.259 e. The van der Waals surface area contributed by atoms with Crippen molar-refractivity contribution < 1.29 is 9.59 Å². The summed E-state index contributed by atoms with van der Waals surface area (Å²) in [6, 6.07) is -0.0762. The maximum atomic E-state index is 13.3. The highest BCUT2D eigenvalue weighted by Crippen LogP contribution is 2.28. The molecule has 0 bridgehead atoms. The number of pyridine rings is 1. The third-order valence-electron chi connectivity index (χ3n) is 5.90. The van der Waals surface area contributed by atoms with Crippen LogP contribution in [-0.2, 0) is 0 Å². The van der Waals surface area contributed by atoms with Crippen LogP contribution in [0.15, 0.2) is 28.8 Å². The lowest BCUT2D eigenvalue weighted by Gasteiger charge is -2.27.